The van der Waals surface area contributed by atoms with E-state index in [2.05, 4.69) is 0 Å². The number of benzene rings is 1. The molecule has 0 fully saturated rings. The molecule has 0 unspecified atom stereocenters. The number of carbonyl (C=O) groups excluding carboxylic acids is 1. The van der Waals surface area contributed by atoms with Crippen LogP contribution in [0.25, 0.3) is 6.08 Å². The van der Waals surface area contributed by atoms with E-state index in [-0.39, 0.29) is 16.6 Å². The van der Waals surface area contributed by atoms with Crippen molar-refractivity contribution in [3.05, 3.63) is 53.5 Å². The summed E-state index contributed by atoms with van der Waals surface area (Å²) in [6.45, 7) is 2.19. The minimum atomic E-state index is -3.67. The Morgan fingerprint density at radius 2 is 1.89 bits per heavy atom. The zero-order chi connectivity index (χ0) is 20.2. The first-order valence-corrected chi connectivity index (χ1v) is 9.68. The summed E-state index contributed by atoms with van der Waals surface area (Å²) in [5.74, 6) is 1.50. The number of carbonyl (C=O) groups is 1. The molecule has 0 aliphatic carbocycles. The van der Waals surface area contributed by atoms with Gasteiger partial charge in [-0.05, 0) is 42.8 Å². The Balaban J connectivity index is 2.19. The third-order valence-corrected chi connectivity index (χ3v) is 5.77. The summed E-state index contributed by atoms with van der Waals surface area (Å²) in [5.41, 5.74) is 0.576. The molecule has 2 rings (SSSR count). The van der Waals surface area contributed by atoms with Crippen LogP contribution in [0.15, 0.2) is 45.7 Å². The van der Waals surface area contributed by atoms with Crippen LogP contribution in [0.2, 0.25) is 0 Å². The number of ether oxygens (including phenoxy) is 1. The van der Waals surface area contributed by atoms with Crippen molar-refractivity contribution in [2.75, 3.05) is 28.3 Å². The van der Waals surface area contributed by atoms with Gasteiger partial charge in [0.05, 0.1) is 13.7 Å². The fourth-order valence-corrected chi connectivity index (χ4v) is 3.46. The van der Waals surface area contributed by atoms with Gasteiger partial charge in [-0.15, -0.1) is 0 Å². The lowest BCUT2D eigenvalue weighted by molar-refractivity contribution is -0.125. The van der Waals surface area contributed by atoms with E-state index < -0.39 is 10.0 Å². The molecule has 0 aliphatic rings. The van der Waals surface area contributed by atoms with Gasteiger partial charge in [-0.25, -0.2) is 12.7 Å². The lowest BCUT2D eigenvalue weighted by Gasteiger charge is -2.15. The minimum absolute atomic E-state index is 0.0454. The normalized spacial score (nSPS) is 11.9. The lowest BCUT2D eigenvalue weighted by Crippen LogP contribution is -2.24. The minimum Gasteiger partial charge on any atom is -0.495 e. The third kappa shape index (κ3) is 4.99. The van der Waals surface area contributed by atoms with E-state index in [1.807, 2.05) is 19.1 Å². The largest absolute Gasteiger partial charge is 0.495 e. The Hall–Kier alpha value is -2.58. The Morgan fingerprint density at radius 3 is 2.44 bits per heavy atom. The molecule has 0 spiro atoms. The maximum atomic E-state index is 12.5. The van der Waals surface area contributed by atoms with E-state index >= 15 is 0 Å². The number of sulfonamides is 1. The summed E-state index contributed by atoms with van der Waals surface area (Å²) in [4.78, 5) is 13.8. The molecule has 1 aromatic heterocycles. The van der Waals surface area contributed by atoms with Crippen LogP contribution in [0.3, 0.4) is 0 Å². The third-order valence-electron chi connectivity index (χ3n) is 3.93. The van der Waals surface area contributed by atoms with Crippen LogP contribution in [0.5, 0.6) is 5.75 Å². The Bertz CT molecular complexity index is 945. The summed E-state index contributed by atoms with van der Waals surface area (Å²) in [7, 11) is 2.31. The fourth-order valence-electron chi connectivity index (χ4n) is 2.37. The van der Waals surface area contributed by atoms with Gasteiger partial charge in [0.15, 0.2) is 0 Å². The first-order valence-electron chi connectivity index (χ1n) is 8.24. The van der Waals surface area contributed by atoms with E-state index in [4.69, 9.17) is 9.15 Å². The van der Waals surface area contributed by atoms with Crippen molar-refractivity contribution < 1.29 is 22.4 Å². The van der Waals surface area contributed by atoms with Crippen LogP contribution in [-0.4, -0.2) is 51.8 Å². The van der Waals surface area contributed by atoms with Crippen molar-refractivity contribution >= 4 is 22.0 Å². The predicted octanol–water partition coefficient (Wildman–Crippen LogP) is 2.52. The van der Waals surface area contributed by atoms with Crippen molar-refractivity contribution in [3.8, 4) is 5.75 Å². The average Bonchev–Trinajstić information content (AvgIpc) is 3.03. The molecule has 146 valence electrons. The van der Waals surface area contributed by atoms with Gasteiger partial charge in [0, 0.05) is 27.2 Å². The van der Waals surface area contributed by atoms with Crippen LogP contribution in [-0.2, 0) is 21.4 Å². The molecule has 0 saturated carbocycles. The van der Waals surface area contributed by atoms with Gasteiger partial charge >= 0.3 is 0 Å². The van der Waals surface area contributed by atoms with Gasteiger partial charge < -0.3 is 14.1 Å². The van der Waals surface area contributed by atoms with Gasteiger partial charge in [-0.1, -0.05) is 6.07 Å². The zero-order valence-corrected chi connectivity index (χ0v) is 16.9. The zero-order valence-electron chi connectivity index (χ0n) is 16.1. The highest BCUT2D eigenvalue weighted by Crippen LogP contribution is 2.27. The van der Waals surface area contributed by atoms with E-state index in [1.54, 1.807) is 25.3 Å². The van der Waals surface area contributed by atoms with Crippen LogP contribution in [0, 0.1) is 6.92 Å². The molecule has 1 amide bonds. The summed E-state index contributed by atoms with van der Waals surface area (Å²) >= 11 is 0. The number of amides is 1. The van der Waals surface area contributed by atoms with Crippen molar-refractivity contribution in [1.82, 2.24) is 9.21 Å². The topological polar surface area (TPSA) is 80.1 Å². The van der Waals surface area contributed by atoms with E-state index in [0.717, 1.165) is 10.1 Å². The van der Waals surface area contributed by atoms with Crippen molar-refractivity contribution in [2.24, 2.45) is 0 Å². The summed E-state index contributed by atoms with van der Waals surface area (Å²) in [6.07, 6.45) is 2.96. The monoisotopic (exact) mass is 392 g/mol. The Kier molecular flexibility index (Phi) is 6.45. The maximum absolute atomic E-state index is 12.5. The number of furan rings is 1. The molecule has 0 saturated heterocycles. The van der Waals surface area contributed by atoms with Crippen molar-refractivity contribution in [1.29, 1.82) is 0 Å². The predicted molar refractivity (Wildman–Crippen MR) is 103 cm³/mol. The molecule has 0 aliphatic heterocycles. The molecule has 2 aromatic rings. The molecule has 7 nitrogen and oxygen atoms in total. The summed E-state index contributed by atoms with van der Waals surface area (Å²) in [5, 5.41) is 0. The molecule has 0 atom stereocenters. The number of hydrogen-bond acceptors (Lipinski definition) is 5. The number of aryl methyl sites for hydroxylation is 1. The lowest BCUT2D eigenvalue weighted by atomic mass is 10.2. The first-order chi connectivity index (χ1) is 12.6. The van der Waals surface area contributed by atoms with Crippen LogP contribution in [0.4, 0.5) is 0 Å². The smallest absolute Gasteiger partial charge is 0.246 e. The van der Waals surface area contributed by atoms with Gasteiger partial charge in [0.25, 0.3) is 0 Å². The Morgan fingerprint density at radius 1 is 1.19 bits per heavy atom. The molecule has 0 radical (unpaired) electrons. The standard InChI is InChI=1S/C19H24N2O5S/c1-14-6-9-16(26-14)13-21(4)19(22)11-8-15-7-10-17(25-5)18(12-15)27(23,24)20(2)3/h6-12H,13H2,1-5H3/b11-8+. The highest BCUT2D eigenvalue weighted by molar-refractivity contribution is 7.89. The van der Waals surface area contributed by atoms with Gasteiger partial charge in [-0.2, -0.15) is 0 Å². The van der Waals surface area contributed by atoms with Gasteiger partial charge in [-0.3, -0.25) is 4.79 Å². The molecule has 1 aromatic carbocycles. The second-order valence-electron chi connectivity index (χ2n) is 6.24. The highest BCUT2D eigenvalue weighted by Gasteiger charge is 2.22. The first kappa shape index (κ1) is 20.7. The molecular weight excluding hydrogens is 368 g/mol. The van der Waals surface area contributed by atoms with Crippen molar-refractivity contribution in [3.63, 3.8) is 0 Å². The second-order valence-corrected chi connectivity index (χ2v) is 8.36. The molecule has 27 heavy (non-hydrogen) atoms. The van der Waals surface area contributed by atoms with Gasteiger partial charge in [0.1, 0.15) is 22.2 Å². The molecule has 1 heterocycles. The highest BCUT2D eigenvalue weighted by atomic mass is 32.2. The number of likely N-dealkylation sites (N-methyl/N-ethyl adjacent to an activating group) is 1. The van der Waals surface area contributed by atoms with Crippen LogP contribution in [0.1, 0.15) is 17.1 Å². The van der Waals surface area contributed by atoms with E-state index in [1.165, 1.54) is 38.2 Å². The van der Waals surface area contributed by atoms with Gasteiger partial charge in [0.2, 0.25) is 15.9 Å². The molecule has 0 N–H and O–H groups in total. The second kappa shape index (κ2) is 8.41. The quantitative estimate of drug-likeness (QED) is 0.677. The number of hydrogen-bond donors (Lipinski definition) is 0. The average molecular weight is 392 g/mol. The number of rotatable bonds is 7. The summed E-state index contributed by atoms with van der Waals surface area (Å²) < 4.78 is 36.6. The fraction of sp³-hybridized carbons (Fsp3) is 0.316. The summed E-state index contributed by atoms with van der Waals surface area (Å²) in [6, 6.07) is 8.40. The molecule has 8 heteroatoms. The molecular formula is C19H24N2O5S. The van der Waals surface area contributed by atoms with E-state index in [0.29, 0.717) is 17.9 Å². The van der Waals surface area contributed by atoms with Crippen LogP contribution < -0.4 is 4.74 Å². The SMILES string of the molecule is COc1ccc(/C=C/C(=O)N(C)Cc2ccc(C)o2)cc1S(=O)(=O)N(C)C. The number of nitrogens with zero attached hydrogens (tertiary/aromatic N) is 2. The number of methoxy groups -OCH3 is 1. The van der Waals surface area contributed by atoms with Crippen LogP contribution >= 0.6 is 0 Å². The maximum Gasteiger partial charge on any atom is 0.246 e. The van der Waals surface area contributed by atoms with E-state index in [9.17, 15) is 13.2 Å². The molecule has 0 bridgehead atoms. The van der Waals surface area contributed by atoms with Crippen molar-refractivity contribution in [2.45, 2.75) is 18.4 Å². The Labute approximate surface area is 159 Å².